The number of sulfonamides is 1. The fourth-order valence-corrected chi connectivity index (χ4v) is 4.89. The van der Waals surface area contributed by atoms with E-state index >= 15 is 0 Å². The molecule has 1 aliphatic heterocycles. The van der Waals surface area contributed by atoms with Gasteiger partial charge in [-0.2, -0.15) is 4.31 Å². The number of nitrogens with zero attached hydrogens (tertiary/aromatic N) is 2. The normalized spacial score (nSPS) is 16.9. The van der Waals surface area contributed by atoms with Crippen LogP contribution in [0.5, 0.6) is 0 Å². The second-order valence-corrected chi connectivity index (χ2v) is 8.92. The molecule has 1 aliphatic rings. The van der Waals surface area contributed by atoms with Crippen LogP contribution in [0.3, 0.4) is 0 Å². The van der Waals surface area contributed by atoms with E-state index in [-0.39, 0.29) is 0 Å². The minimum absolute atomic E-state index is 0.352. The molecule has 0 radical (unpaired) electrons. The Morgan fingerprint density at radius 3 is 2.35 bits per heavy atom. The Morgan fingerprint density at radius 1 is 1.04 bits per heavy atom. The maximum atomic E-state index is 12.6. The first-order chi connectivity index (χ1) is 11.1. The lowest BCUT2D eigenvalue weighted by Crippen LogP contribution is -2.35. The van der Waals surface area contributed by atoms with Crippen LogP contribution < -0.4 is 0 Å². The molecule has 0 aliphatic carbocycles. The Balaban J connectivity index is 1.75. The average molecular weight is 348 g/mol. The van der Waals surface area contributed by atoms with Gasteiger partial charge in [0.15, 0.2) is 0 Å². The first-order valence-electron chi connectivity index (χ1n) is 7.76. The van der Waals surface area contributed by atoms with E-state index in [0.717, 1.165) is 29.8 Å². The zero-order chi connectivity index (χ0) is 16.3. The first-order valence-corrected chi connectivity index (χ1v) is 10.0. The van der Waals surface area contributed by atoms with E-state index in [1.54, 1.807) is 39.9 Å². The molecule has 23 heavy (non-hydrogen) atoms. The third-order valence-corrected chi connectivity index (χ3v) is 6.74. The number of rotatable bonds is 4. The smallest absolute Gasteiger partial charge is 0.243 e. The quantitative estimate of drug-likeness (QED) is 0.785. The Hall–Kier alpha value is -1.50. The molecular formula is C17H20N2O2S2. The fraction of sp³-hybridized carbons (Fsp3) is 0.353. The van der Waals surface area contributed by atoms with Crippen LogP contribution >= 0.6 is 11.3 Å². The minimum Gasteiger partial charge on any atom is -0.255 e. The lowest BCUT2D eigenvalue weighted by atomic mass is 10.2. The Morgan fingerprint density at radius 2 is 1.74 bits per heavy atom. The van der Waals surface area contributed by atoms with Crippen molar-refractivity contribution in [3.63, 3.8) is 0 Å². The highest BCUT2D eigenvalue weighted by atomic mass is 32.2. The van der Waals surface area contributed by atoms with Crippen molar-refractivity contribution < 1.29 is 8.42 Å². The summed E-state index contributed by atoms with van der Waals surface area (Å²) in [6.07, 6.45) is 4.82. The molecule has 3 rings (SSSR count). The van der Waals surface area contributed by atoms with E-state index in [1.807, 2.05) is 12.3 Å². The van der Waals surface area contributed by atoms with Crippen molar-refractivity contribution in [3.05, 3.63) is 46.2 Å². The molecule has 0 N–H and O–H groups in total. The molecule has 0 bridgehead atoms. The van der Waals surface area contributed by atoms with Crippen LogP contribution in [-0.4, -0.2) is 32.0 Å². The Bertz CT molecular complexity index is 786. The number of benzene rings is 1. The summed E-state index contributed by atoms with van der Waals surface area (Å²) in [6, 6.07) is 10.9. The summed E-state index contributed by atoms with van der Waals surface area (Å²) in [5.74, 6) is 0. The summed E-state index contributed by atoms with van der Waals surface area (Å²) < 4.78 is 26.7. The number of aryl methyl sites for hydroxylation is 1. The van der Waals surface area contributed by atoms with E-state index in [4.69, 9.17) is 0 Å². The van der Waals surface area contributed by atoms with E-state index in [0.29, 0.717) is 18.0 Å². The van der Waals surface area contributed by atoms with Crippen molar-refractivity contribution in [1.82, 2.24) is 4.31 Å². The van der Waals surface area contributed by atoms with Gasteiger partial charge in [-0.05, 0) is 56.2 Å². The van der Waals surface area contributed by atoms with Crippen LogP contribution in [0, 0.1) is 6.92 Å². The van der Waals surface area contributed by atoms with Gasteiger partial charge in [0, 0.05) is 29.1 Å². The predicted octanol–water partition coefficient (Wildman–Crippen LogP) is 3.98. The summed E-state index contributed by atoms with van der Waals surface area (Å²) >= 11 is 1.68. The number of hydrogen-bond donors (Lipinski definition) is 0. The van der Waals surface area contributed by atoms with E-state index < -0.39 is 10.0 Å². The van der Waals surface area contributed by atoms with Gasteiger partial charge in [0.25, 0.3) is 0 Å². The van der Waals surface area contributed by atoms with E-state index in [1.165, 1.54) is 4.88 Å². The second-order valence-electron chi connectivity index (χ2n) is 5.67. The Kier molecular flexibility index (Phi) is 4.94. The van der Waals surface area contributed by atoms with Crippen molar-refractivity contribution in [1.29, 1.82) is 0 Å². The Labute approximate surface area is 141 Å². The van der Waals surface area contributed by atoms with Gasteiger partial charge in [0.1, 0.15) is 0 Å². The molecule has 0 unspecified atom stereocenters. The van der Waals surface area contributed by atoms with Crippen LogP contribution in [0.2, 0.25) is 0 Å². The monoisotopic (exact) mass is 348 g/mol. The highest BCUT2D eigenvalue weighted by Gasteiger charge is 2.25. The van der Waals surface area contributed by atoms with Gasteiger partial charge < -0.3 is 0 Å². The molecule has 1 aromatic carbocycles. The molecule has 0 amide bonds. The number of thiophene rings is 1. The van der Waals surface area contributed by atoms with Gasteiger partial charge >= 0.3 is 0 Å². The van der Waals surface area contributed by atoms with Crippen molar-refractivity contribution in [2.24, 2.45) is 4.99 Å². The van der Waals surface area contributed by atoms with Gasteiger partial charge in [-0.25, -0.2) is 8.42 Å². The molecule has 1 saturated heterocycles. The van der Waals surface area contributed by atoms with Crippen LogP contribution in [-0.2, 0) is 10.0 Å². The number of piperidine rings is 1. The largest absolute Gasteiger partial charge is 0.255 e. The zero-order valence-electron chi connectivity index (χ0n) is 13.1. The fourth-order valence-electron chi connectivity index (χ4n) is 2.62. The molecule has 1 aromatic heterocycles. The average Bonchev–Trinajstić information content (AvgIpc) is 3.00. The van der Waals surface area contributed by atoms with Crippen molar-refractivity contribution in [2.45, 2.75) is 31.1 Å². The molecule has 4 nitrogen and oxygen atoms in total. The lowest BCUT2D eigenvalue weighted by Gasteiger charge is -2.25. The molecule has 1 fully saturated rings. The van der Waals surface area contributed by atoms with Crippen molar-refractivity contribution in [3.8, 4) is 0 Å². The summed E-state index contributed by atoms with van der Waals surface area (Å²) in [6.45, 7) is 3.31. The zero-order valence-corrected chi connectivity index (χ0v) is 14.7. The van der Waals surface area contributed by atoms with Gasteiger partial charge in [0.2, 0.25) is 10.0 Å². The third kappa shape index (κ3) is 3.88. The summed E-state index contributed by atoms with van der Waals surface area (Å²) in [5, 5.41) is 0. The first kappa shape index (κ1) is 16.4. The molecule has 0 saturated carbocycles. The lowest BCUT2D eigenvalue weighted by molar-refractivity contribution is 0.346. The summed E-state index contributed by atoms with van der Waals surface area (Å²) in [7, 11) is -3.36. The SMILES string of the molecule is Cc1ccc(C=Nc2ccc(S(=O)(=O)N3CCCCC3)cc2)s1. The molecule has 0 atom stereocenters. The number of aliphatic imine (C=N–C) groups is 1. The minimum atomic E-state index is -3.36. The molecule has 122 valence electrons. The molecule has 2 aromatic rings. The third-order valence-electron chi connectivity index (χ3n) is 3.89. The van der Waals surface area contributed by atoms with Crippen molar-refractivity contribution >= 4 is 33.3 Å². The molecule has 6 heteroatoms. The molecular weight excluding hydrogens is 328 g/mol. The second kappa shape index (κ2) is 6.95. The summed E-state index contributed by atoms with van der Waals surface area (Å²) in [5.41, 5.74) is 0.758. The topological polar surface area (TPSA) is 49.7 Å². The standard InChI is InChI=1S/C17H20N2O2S2/c1-14-5-8-16(22-14)13-18-15-6-9-17(10-7-15)23(20,21)19-11-3-2-4-12-19/h5-10,13H,2-4,11-12H2,1H3. The van der Waals surface area contributed by atoms with Crippen molar-refractivity contribution in [2.75, 3.05) is 13.1 Å². The van der Waals surface area contributed by atoms with E-state index in [2.05, 4.69) is 18.0 Å². The summed E-state index contributed by atoms with van der Waals surface area (Å²) in [4.78, 5) is 7.09. The highest BCUT2D eigenvalue weighted by Crippen LogP contribution is 2.23. The van der Waals surface area contributed by atoms with Gasteiger partial charge in [-0.1, -0.05) is 6.42 Å². The predicted molar refractivity (Wildman–Crippen MR) is 95.4 cm³/mol. The van der Waals surface area contributed by atoms with Gasteiger partial charge in [0.05, 0.1) is 10.6 Å². The van der Waals surface area contributed by atoms with Crippen LogP contribution in [0.15, 0.2) is 46.3 Å². The van der Waals surface area contributed by atoms with Crippen LogP contribution in [0.1, 0.15) is 29.0 Å². The van der Waals surface area contributed by atoms with Gasteiger partial charge in [-0.3, -0.25) is 4.99 Å². The number of hydrogen-bond acceptors (Lipinski definition) is 4. The van der Waals surface area contributed by atoms with Crippen LogP contribution in [0.4, 0.5) is 5.69 Å². The molecule has 2 heterocycles. The maximum Gasteiger partial charge on any atom is 0.243 e. The molecule has 0 spiro atoms. The van der Waals surface area contributed by atoms with E-state index in [9.17, 15) is 8.42 Å². The maximum absolute atomic E-state index is 12.6. The van der Waals surface area contributed by atoms with Crippen LogP contribution in [0.25, 0.3) is 0 Å². The highest BCUT2D eigenvalue weighted by molar-refractivity contribution is 7.89. The van der Waals surface area contributed by atoms with Gasteiger partial charge in [-0.15, -0.1) is 11.3 Å².